The minimum absolute atomic E-state index is 0.756. The molecule has 3 atom stereocenters. The molecule has 2 fully saturated rings. The minimum atomic E-state index is 0.756. The van der Waals surface area contributed by atoms with Gasteiger partial charge in [0.1, 0.15) is 0 Å². The van der Waals surface area contributed by atoms with Crippen LogP contribution in [0.3, 0.4) is 0 Å². The van der Waals surface area contributed by atoms with Crippen LogP contribution in [0, 0.1) is 0 Å². The van der Waals surface area contributed by atoms with Crippen molar-refractivity contribution in [1.82, 2.24) is 10.2 Å². The van der Waals surface area contributed by atoms with Crippen LogP contribution in [0.4, 0.5) is 0 Å². The monoisotopic (exact) mass is 214 g/mol. The van der Waals surface area contributed by atoms with Gasteiger partial charge in [0.2, 0.25) is 0 Å². The maximum Gasteiger partial charge on any atom is 0.0210 e. The topological polar surface area (TPSA) is 15.3 Å². The Morgan fingerprint density at radius 2 is 2.21 bits per heavy atom. The Morgan fingerprint density at radius 1 is 1.36 bits per heavy atom. The van der Waals surface area contributed by atoms with Crippen molar-refractivity contribution in [1.29, 1.82) is 0 Å². The molecule has 2 saturated heterocycles. The lowest BCUT2D eigenvalue weighted by Crippen LogP contribution is -2.45. The Bertz CT molecular complexity index is 186. The van der Waals surface area contributed by atoms with Crippen molar-refractivity contribution in [3.05, 3.63) is 0 Å². The lowest BCUT2D eigenvalue weighted by molar-refractivity contribution is 0.367. The Kier molecular flexibility index (Phi) is 3.74. The summed E-state index contributed by atoms with van der Waals surface area (Å²) in [5.41, 5.74) is 0. The van der Waals surface area contributed by atoms with Crippen LogP contribution in [-0.2, 0) is 0 Å². The predicted molar refractivity (Wildman–Crippen MR) is 64.0 cm³/mol. The summed E-state index contributed by atoms with van der Waals surface area (Å²) in [6, 6.07) is 1.52. The van der Waals surface area contributed by atoms with E-state index in [2.05, 4.69) is 35.9 Å². The summed E-state index contributed by atoms with van der Waals surface area (Å²) in [6.07, 6.45) is 4.12. The summed E-state index contributed by atoms with van der Waals surface area (Å²) < 4.78 is 0. The normalized spacial score (nSPS) is 40.3. The molecule has 14 heavy (non-hydrogen) atoms. The van der Waals surface area contributed by atoms with Gasteiger partial charge in [-0.2, -0.15) is 11.8 Å². The van der Waals surface area contributed by atoms with Gasteiger partial charge in [-0.1, -0.05) is 6.92 Å². The fourth-order valence-electron chi connectivity index (χ4n) is 2.52. The highest BCUT2D eigenvalue weighted by molar-refractivity contribution is 7.99. The molecule has 0 aromatic rings. The Hall–Kier alpha value is 0.270. The molecule has 0 aromatic carbocycles. The molecular weight excluding hydrogens is 192 g/mol. The first-order valence-electron chi connectivity index (χ1n) is 5.82. The molecule has 82 valence electrons. The average molecular weight is 214 g/mol. The molecule has 1 N–H and O–H groups in total. The Balaban J connectivity index is 1.78. The SMILES string of the molecule is CC1SCCCC1NC1CCN(C)C1. The van der Waals surface area contributed by atoms with Crippen LogP contribution in [-0.4, -0.2) is 48.1 Å². The second kappa shape index (κ2) is 4.86. The van der Waals surface area contributed by atoms with Gasteiger partial charge in [-0.25, -0.2) is 0 Å². The van der Waals surface area contributed by atoms with E-state index in [1.807, 2.05) is 0 Å². The van der Waals surface area contributed by atoms with Crippen LogP contribution in [0.15, 0.2) is 0 Å². The molecule has 0 bridgehead atoms. The van der Waals surface area contributed by atoms with Crippen molar-refractivity contribution in [2.75, 3.05) is 25.9 Å². The number of hydrogen-bond donors (Lipinski definition) is 1. The van der Waals surface area contributed by atoms with Crippen LogP contribution in [0.2, 0.25) is 0 Å². The van der Waals surface area contributed by atoms with Gasteiger partial charge in [0.15, 0.2) is 0 Å². The molecule has 2 rings (SSSR count). The second-order valence-corrected chi connectivity index (χ2v) is 6.22. The lowest BCUT2D eigenvalue weighted by Gasteiger charge is -2.31. The molecule has 3 heteroatoms. The van der Waals surface area contributed by atoms with Gasteiger partial charge in [-0.05, 0) is 38.6 Å². The summed E-state index contributed by atoms with van der Waals surface area (Å²) in [4.78, 5) is 2.43. The zero-order chi connectivity index (χ0) is 9.97. The summed E-state index contributed by atoms with van der Waals surface area (Å²) in [7, 11) is 2.22. The molecule has 2 aliphatic heterocycles. The quantitative estimate of drug-likeness (QED) is 0.751. The first-order chi connectivity index (χ1) is 6.75. The highest BCUT2D eigenvalue weighted by Gasteiger charge is 2.27. The first-order valence-corrected chi connectivity index (χ1v) is 6.87. The van der Waals surface area contributed by atoms with Gasteiger partial charge in [-0.3, -0.25) is 0 Å². The number of thioether (sulfide) groups is 1. The number of rotatable bonds is 2. The van der Waals surface area contributed by atoms with E-state index in [1.165, 1.54) is 38.1 Å². The van der Waals surface area contributed by atoms with Crippen LogP contribution >= 0.6 is 11.8 Å². The predicted octanol–water partition coefficient (Wildman–Crippen LogP) is 1.56. The van der Waals surface area contributed by atoms with Crippen LogP contribution < -0.4 is 5.32 Å². The van der Waals surface area contributed by atoms with Crippen molar-refractivity contribution in [3.63, 3.8) is 0 Å². The largest absolute Gasteiger partial charge is 0.309 e. The molecule has 0 spiro atoms. The highest BCUT2D eigenvalue weighted by atomic mass is 32.2. The van der Waals surface area contributed by atoms with Crippen LogP contribution in [0.5, 0.6) is 0 Å². The van der Waals surface area contributed by atoms with E-state index < -0.39 is 0 Å². The fourth-order valence-corrected chi connectivity index (χ4v) is 3.67. The van der Waals surface area contributed by atoms with Gasteiger partial charge < -0.3 is 10.2 Å². The summed E-state index contributed by atoms with van der Waals surface area (Å²) in [5.74, 6) is 1.36. The molecular formula is C11H22N2S. The van der Waals surface area contributed by atoms with E-state index in [0.717, 1.165) is 17.3 Å². The number of nitrogens with zero attached hydrogens (tertiary/aromatic N) is 1. The first kappa shape index (κ1) is 10.8. The Labute approximate surface area is 91.8 Å². The van der Waals surface area contributed by atoms with Crippen LogP contribution in [0.1, 0.15) is 26.2 Å². The third kappa shape index (κ3) is 2.65. The minimum Gasteiger partial charge on any atom is -0.309 e. The smallest absolute Gasteiger partial charge is 0.0210 e. The van der Waals surface area contributed by atoms with Gasteiger partial charge in [0.25, 0.3) is 0 Å². The van der Waals surface area contributed by atoms with Gasteiger partial charge in [0, 0.05) is 23.9 Å². The van der Waals surface area contributed by atoms with Crippen molar-refractivity contribution >= 4 is 11.8 Å². The molecule has 0 aliphatic carbocycles. The van der Waals surface area contributed by atoms with Gasteiger partial charge in [0.05, 0.1) is 0 Å². The Morgan fingerprint density at radius 3 is 2.86 bits per heavy atom. The fraction of sp³-hybridized carbons (Fsp3) is 1.00. The molecule has 0 saturated carbocycles. The molecule has 2 heterocycles. The molecule has 0 amide bonds. The lowest BCUT2D eigenvalue weighted by atomic mass is 10.1. The number of likely N-dealkylation sites (tertiary alicyclic amines) is 1. The molecule has 2 aliphatic rings. The number of nitrogens with one attached hydrogen (secondary N) is 1. The molecule has 3 unspecified atom stereocenters. The standard InChI is InChI=1S/C11H22N2S/c1-9-11(4-3-7-14-9)12-10-5-6-13(2)8-10/h9-12H,3-8H2,1-2H3. The van der Waals surface area contributed by atoms with E-state index in [0.29, 0.717) is 0 Å². The highest BCUT2D eigenvalue weighted by Crippen LogP contribution is 2.26. The van der Waals surface area contributed by atoms with Crippen molar-refractivity contribution in [2.24, 2.45) is 0 Å². The van der Waals surface area contributed by atoms with Crippen molar-refractivity contribution < 1.29 is 0 Å². The maximum atomic E-state index is 3.84. The second-order valence-electron chi connectivity index (χ2n) is 4.74. The van der Waals surface area contributed by atoms with E-state index in [-0.39, 0.29) is 0 Å². The van der Waals surface area contributed by atoms with Crippen molar-refractivity contribution in [3.8, 4) is 0 Å². The number of hydrogen-bond acceptors (Lipinski definition) is 3. The molecule has 2 nitrogen and oxygen atoms in total. The summed E-state index contributed by atoms with van der Waals surface area (Å²) in [6.45, 7) is 4.89. The van der Waals surface area contributed by atoms with E-state index >= 15 is 0 Å². The van der Waals surface area contributed by atoms with Crippen LogP contribution in [0.25, 0.3) is 0 Å². The number of likely N-dealkylation sites (N-methyl/N-ethyl adjacent to an activating group) is 1. The van der Waals surface area contributed by atoms with E-state index in [9.17, 15) is 0 Å². The third-order valence-electron chi connectivity index (χ3n) is 3.45. The zero-order valence-electron chi connectivity index (χ0n) is 9.33. The summed E-state index contributed by atoms with van der Waals surface area (Å²) >= 11 is 2.13. The van der Waals surface area contributed by atoms with E-state index in [1.54, 1.807) is 0 Å². The summed E-state index contributed by atoms with van der Waals surface area (Å²) in [5, 5.41) is 4.65. The molecule has 0 aromatic heterocycles. The zero-order valence-corrected chi connectivity index (χ0v) is 10.1. The maximum absolute atomic E-state index is 3.84. The van der Waals surface area contributed by atoms with Crippen molar-refractivity contribution in [2.45, 2.75) is 43.5 Å². The van der Waals surface area contributed by atoms with Gasteiger partial charge >= 0.3 is 0 Å². The molecule has 0 radical (unpaired) electrons. The van der Waals surface area contributed by atoms with Gasteiger partial charge in [-0.15, -0.1) is 0 Å². The third-order valence-corrected chi connectivity index (χ3v) is 4.83. The van der Waals surface area contributed by atoms with E-state index in [4.69, 9.17) is 0 Å². The average Bonchev–Trinajstić information content (AvgIpc) is 2.56.